The van der Waals surface area contributed by atoms with Gasteiger partial charge in [-0.25, -0.2) is 0 Å². The summed E-state index contributed by atoms with van der Waals surface area (Å²) in [4.78, 5) is 0. The van der Waals surface area contributed by atoms with Crippen molar-refractivity contribution in [3.05, 3.63) is 83.7 Å². The summed E-state index contributed by atoms with van der Waals surface area (Å²) in [6, 6.07) is 16.8. The third-order valence-electron chi connectivity index (χ3n) is 4.08. The first-order valence-electron chi connectivity index (χ1n) is 8.15. The molecule has 1 N–H and O–H groups in total. The molecule has 6 heteroatoms. The zero-order chi connectivity index (χ0) is 18.6. The Hall–Kier alpha value is -2.73. The van der Waals surface area contributed by atoms with E-state index in [0.29, 0.717) is 18.8 Å². The molecule has 0 bridgehead atoms. The lowest BCUT2D eigenvalue weighted by Crippen LogP contribution is -2.15. The molecule has 3 nitrogen and oxygen atoms in total. The van der Waals surface area contributed by atoms with E-state index in [9.17, 15) is 13.2 Å². The standard InChI is InChI=1S/C20H19F3N2O/c1-26-19-9-7-15(8-10-19)13-24-14-18-6-3-11-25(18)17-5-2-4-16(12-17)20(21,22)23/h2-12,24H,13-14H2,1H3. The zero-order valence-corrected chi connectivity index (χ0v) is 14.3. The van der Waals surface area contributed by atoms with E-state index in [0.717, 1.165) is 29.1 Å². The van der Waals surface area contributed by atoms with Crippen molar-refractivity contribution in [1.29, 1.82) is 0 Å². The molecule has 136 valence electrons. The molecule has 0 aliphatic rings. The van der Waals surface area contributed by atoms with Gasteiger partial charge >= 0.3 is 6.18 Å². The summed E-state index contributed by atoms with van der Waals surface area (Å²) in [7, 11) is 1.62. The van der Waals surface area contributed by atoms with Gasteiger partial charge in [-0.2, -0.15) is 13.2 Å². The number of hydrogen-bond acceptors (Lipinski definition) is 2. The Balaban J connectivity index is 1.69. The van der Waals surface area contributed by atoms with E-state index in [2.05, 4.69) is 5.32 Å². The second-order valence-electron chi connectivity index (χ2n) is 5.87. The highest BCUT2D eigenvalue weighted by atomic mass is 19.4. The zero-order valence-electron chi connectivity index (χ0n) is 14.3. The SMILES string of the molecule is COc1ccc(CNCc2cccn2-c2cccc(C(F)(F)F)c2)cc1. The minimum atomic E-state index is -4.35. The summed E-state index contributed by atoms with van der Waals surface area (Å²) in [5.74, 6) is 0.798. The maximum absolute atomic E-state index is 12.9. The minimum Gasteiger partial charge on any atom is -0.497 e. The minimum absolute atomic E-state index is 0.492. The number of ether oxygens (including phenoxy) is 1. The van der Waals surface area contributed by atoms with Crippen molar-refractivity contribution >= 4 is 0 Å². The average molecular weight is 360 g/mol. The van der Waals surface area contributed by atoms with Crippen LogP contribution in [0.15, 0.2) is 66.9 Å². The number of rotatable bonds is 6. The van der Waals surface area contributed by atoms with E-state index in [4.69, 9.17) is 4.74 Å². The van der Waals surface area contributed by atoms with Crippen molar-refractivity contribution < 1.29 is 17.9 Å². The summed E-state index contributed by atoms with van der Waals surface area (Å²) in [5.41, 5.74) is 1.83. The molecule has 0 radical (unpaired) electrons. The monoisotopic (exact) mass is 360 g/mol. The number of methoxy groups -OCH3 is 1. The van der Waals surface area contributed by atoms with Gasteiger partial charge in [0.2, 0.25) is 0 Å². The molecule has 0 fully saturated rings. The Bertz CT molecular complexity index is 854. The fraction of sp³-hybridized carbons (Fsp3) is 0.200. The van der Waals surface area contributed by atoms with Crippen molar-refractivity contribution in [3.8, 4) is 11.4 Å². The van der Waals surface area contributed by atoms with Gasteiger partial charge in [0, 0.05) is 30.7 Å². The second-order valence-corrected chi connectivity index (χ2v) is 5.87. The highest BCUT2D eigenvalue weighted by molar-refractivity contribution is 5.39. The molecule has 0 saturated heterocycles. The van der Waals surface area contributed by atoms with E-state index >= 15 is 0 Å². The summed E-state index contributed by atoms with van der Waals surface area (Å²) in [5, 5.41) is 3.31. The summed E-state index contributed by atoms with van der Waals surface area (Å²) < 4.78 is 45.7. The molecule has 0 aliphatic carbocycles. The van der Waals surface area contributed by atoms with Gasteiger partial charge in [-0.3, -0.25) is 0 Å². The first kappa shape index (κ1) is 18.1. The van der Waals surface area contributed by atoms with Crippen LogP contribution < -0.4 is 10.1 Å². The van der Waals surface area contributed by atoms with E-state index in [1.165, 1.54) is 6.07 Å². The summed E-state index contributed by atoms with van der Waals surface area (Å²) in [6.07, 6.45) is -2.59. The van der Waals surface area contributed by atoms with Crippen molar-refractivity contribution in [2.24, 2.45) is 0 Å². The molecule has 26 heavy (non-hydrogen) atoms. The number of halogens is 3. The number of hydrogen-bond donors (Lipinski definition) is 1. The maximum Gasteiger partial charge on any atom is 0.416 e. The number of aromatic nitrogens is 1. The Labute approximate surface area is 150 Å². The summed E-state index contributed by atoms with van der Waals surface area (Å²) in [6.45, 7) is 1.19. The number of nitrogens with one attached hydrogen (secondary N) is 1. The fourth-order valence-corrected chi connectivity index (χ4v) is 2.72. The molecule has 0 aliphatic heterocycles. The highest BCUT2D eigenvalue weighted by Crippen LogP contribution is 2.30. The van der Waals surface area contributed by atoms with Crippen LogP contribution in [0.3, 0.4) is 0 Å². The molecule has 1 heterocycles. The summed E-state index contributed by atoms with van der Waals surface area (Å²) >= 11 is 0. The van der Waals surface area contributed by atoms with Crippen LogP contribution in [-0.2, 0) is 19.3 Å². The van der Waals surface area contributed by atoms with Gasteiger partial charge in [0.05, 0.1) is 12.7 Å². The van der Waals surface area contributed by atoms with E-state index < -0.39 is 11.7 Å². The van der Waals surface area contributed by atoms with Crippen molar-refractivity contribution in [2.45, 2.75) is 19.3 Å². The highest BCUT2D eigenvalue weighted by Gasteiger charge is 2.30. The van der Waals surface area contributed by atoms with Gasteiger partial charge < -0.3 is 14.6 Å². The van der Waals surface area contributed by atoms with Crippen molar-refractivity contribution in [2.75, 3.05) is 7.11 Å². The van der Waals surface area contributed by atoms with Crippen LogP contribution in [0, 0.1) is 0 Å². The average Bonchev–Trinajstić information content (AvgIpc) is 3.10. The quantitative estimate of drug-likeness (QED) is 0.684. The van der Waals surface area contributed by atoms with E-state index in [1.54, 1.807) is 23.9 Å². The van der Waals surface area contributed by atoms with Crippen LogP contribution in [0.5, 0.6) is 5.75 Å². The molecule has 0 saturated carbocycles. The molecular formula is C20H19F3N2O. The Morgan fingerprint density at radius 3 is 2.42 bits per heavy atom. The topological polar surface area (TPSA) is 26.2 Å². The van der Waals surface area contributed by atoms with Crippen LogP contribution in [0.1, 0.15) is 16.8 Å². The first-order chi connectivity index (χ1) is 12.5. The van der Waals surface area contributed by atoms with Gasteiger partial charge in [0.15, 0.2) is 0 Å². The van der Waals surface area contributed by atoms with Crippen LogP contribution in [0.4, 0.5) is 13.2 Å². The Morgan fingerprint density at radius 1 is 0.962 bits per heavy atom. The van der Waals surface area contributed by atoms with Crippen LogP contribution in [0.2, 0.25) is 0 Å². The lowest BCUT2D eigenvalue weighted by Gasteiger charge is -2.13. The fourth-order valence-electron chi connectivity index (χ4n) is 2.72. The van der Waals surface area contributed by atoms with Crippen molar-refractivity contribution in [1.82, 2.24) is 9.88 Å². The smallest absolute Gasteiger partial charge is 0.416 e. The lowest BCUT2D eigenvalue weighted by molar-refractivity contribution is -0.137. The van der Waals surface area contributed by atoms with Gasteiger partial charge in [0.1, 0.15) is 5.75 Å². The lowest BCUT2D eigenvalue weighted by atomic mass is 10.2. The normalized spacial score (nSPS) is 11.5. The molecule has 0 spiro atoms. The van der Waals surface area contributed by atoms with Gasteiger partial charge in [-0.15, -0.1) is 0 Å². The predicted molar refractivity (Wildman–Crippen MR) is 94.3 cm³/mol. The molecular weight excluding hydrogens is 341 g/mol. The maximum atomic E-state index is 12.9. The first-order valence-corrected chi connectivity index (χ1v) is 8.15. The molecule has 0 unspecified atom stereocenters. The van der Waals surface area contributed by atoms with E-state index in [1.807, 2.05) is 36.4 Å². The molecule has 1 aromatic heterocycles. The van der Waals surface area contributed by atoms with Crippen LogP contribution in [0.25, 0.3) is 5.69 Å². The van der Waals surface area contributed by atoms with Gasteiger partial charge in [-0.05, 0) is 48.0 Å². The molecule has 2 aromatic carbocycles. The van der Waals surface area contributed by atoms with E-state index in [-0.39, 0.29) is 0 Å². The van der Waals surface area contributed by atoms with Gasteiger partial charge in [-0.1, -0.05) is 18.2 Å². The van der Waals surface area contributed by atoms with Crippen LogP contribution in [-0.4, -0.2) is 11.7 Å². The molecule has 3 aromatic rings. The second kappa shape index (κ2) is 7.66. The van der Waals surface area contributed by atoms with Crippen molar-refractivity contribution in [3.63, 3.8) is 0 Å². The number of alkyl halides is 3. The molecule has 0 atom stereocenters. The molecule has 0 amide bonds. The number of nitrogens with zero attached hydrogens (tertiary/aromatic N) is 1. The largest absolute Gasteiger partial charge is 0.497 e. The predicted octanol–water partition coefficient (Wildman–Crippen LogP) is 4.79. The molecule has 3 rings (SSSR count). The van der Waals surface area contributed by atoms with Crippen LogP contribution >= 0.6 is 0 Å². The van der Waals surface area contributed by atoms with Gasteiger partial charge in [0.25, 0.3) is 0 Å². The third kappa shape index (κ3) is 4.26. The number of benzene rings is 2. The third-order valence-corrected chi connectivity index (χ3v) is 4.08. The Kier molecular flexibility index (Phi) is 5.32. The Morgan fingerprint density at radius 2 is 1.73 bits per heavy atom.